The van der Waals surface area contributed by atoms with Crippen LogP contribution in [0.15, 0.2) is 18.2 Å². The maximum absolute atomic E-state index is 13.6. The fraction of sp³-hybridized carbons (Fsp3) is 0.417. The SMILES string of the molecule is CN1CCN(c2cc(C=O)ccc2F)CC1. The zero-order chi connectivity index (χ0) is 11.5. The van der Waals surface area contributed by atoms with Gasteiger partial charge in [0.25, 0.3) is 0 Å². The minimum absolute atomic E-state index is 0.254. The topological polar surface area (TPSA) is 23.6 Å². The average Bonchev–Trinajstić information content (AvgIpc) is 2.31. The van der Waals surface area contributed by atoms with Gasteiger partial charge in [0.2, 0.25) is 0 Å². The number of piperazine rings is 1. The molecule has 1 aliphatic heterocycles. The van der Waals surface area contributed by atoms with Gasteiger partial charge in [-0.2, -0.15) is 0 Å². The van der Waals surface area contributed by atoms with E-state index >= 15 is 0 Å². The van der Waals surface area contributed by atoms with Crippen molar-refractivity contribution in [2.24, 2.45) is 0 Å². The van der Waals surface area contributed by atoms with Crippen LogP contribution in [0.4, 0.5) is 10.1 Å². The standard InChI is InChI=1S/C12H15FN2O/c1-14-4-6-15(7-5-14)12-8-10(9-16)2-3-11(12)13/h2-3,8-9H,4-7H2,1H3. The number of hydrogen-bond donors (Lipinski definition) is 0. The van der Waals surface area contributed by atoms with Crippen LogP contribution in [0.1, 0.15) is 10.4 Å². The van der Waals surface area contributed by atoms with Crippen molar-refractivity contribution in [3.63, 3.8) is 0 Å². The first-order valence-corrected chi connectivity index (χ1v) is 5.39. The smallest absolute Gasteiger partial charge is 0.150 e. The third-order valence-corrected chi connectivity index (χ3v) is 2.95. The fourth-order valence-corrected chi connectivity index (χ4v) is 1.89. The predicted molar refractivity (Wildman–Crippen MR) is 61.5 cm³/mol. The number of halogens is 1. The zero-order valence-corrected chi connectivity index (χ0v) is 9.32. The molecule has 0 bridgehead atoms. The summed E-state index contributed by atoms with van der Waals surface area (Å²) in [6.45, 7) is 3.45. The Morgan fingerprint density at radius 3 is 2.56 bits per heavy atom. The van der Waals surface area contributed by atoms with Gasteiger partial charge in [0.15, 0.2) is 0 Å². The Bertz CT molecular complexity index is 387. The Hall–Kier alpha value is -1.42. The Balaban J connectivity index is 2.22. The molecule has 0 radical (unpaired) electrons. The summed E-state index contributed by atoms with van der Waals surface area (Å²) in [7, 11) is 2.05. The van der Waals surface area contributed by atoms with Gasteiger partial charge in [-0.05, 0) is 25.2 Å². The molecule has 3 nitrogen and oxygen atoms in total. The second kappa shape index (κ2) is 4.61. The number of likely N-dealkylation sites (N-methyl/N-ethyl adjacent to an activating group) is 1. The maximum atomic E-state index is 13.6. The fourth-order valence-electron chi connectivity index (χ4n) is 1.89. The quantitative estimate of drug-likeness (QED) is 0.706. The molecule has 0 amide bonds. The normalized spacial score (nSPS) is 17.5. The van der Waals surface area contributed by atoms with Crippen LogP contribution in [0.2, 0.25) is 0 Å². The van der Waals surface area contributed by atoms with Crippen molar-refractivity contribution in [2.75, 3.05) is 38.1 Å². The number of anilines is 1. The number of rotatable bonds is 2. The second-order valence-corrected chi connectivity index (χ2v) is 4.12. The minimum atomic E-state index is -0.254. The largest absolute Gasteiger partial charge is 0.367 e. The molecule has 0 aliphatic carbocycles. The summed E-state index contributed by atoms with van der Waals surface area (Å²) in [5.41, 5.74) is 1.06. The molecular weight excluding hydrogens is 207 g/mol. The molecule has 4 heteroatoms. The van der Waals surface area contributed by atoms with Gasteiger partial charge in [0.1, 0.15) is 12.1 Å². The first-order valence-electron chi connectivity index (χ1n) is 5.39. The lowest BCUT2D eigenvalue weighted by Crippen LogP contribution is -2.44. The van der Waals surface area contributed by atoms with Crippen LogP contribution in [0, 0.1) is 5.82 Å². The molecule has 1 saturated heterocycles. The highest BCUT2D eigenvalue weighted by Gasteiger charge is 2.17. The number of nitrogens with zero attached hydrogens (tertiary/aromatic N) is 2. The van der Waals surface area contributed by atoms with E-state index in [9.17, 15) is 9.18 Å². The monoisotopic (exact) mass is 222 g/mol. The third-order valence-electron chi connectivity index (χ3n) is 2.95. The van der Waals surface area contributed by atoms with Gasteiger partial charge in [-0.15, -0.1) is 0 Å². The minimum Gasteiger partial charge on any atom is -0.367 e. The Morgan fingerprint density at radius 1 is 1.25 bits per heavy atom. The molecule has 1 fully saturated rings. The number of hydrogen-bond acceptors (Lipinski definition) is 3. The van der Waals surface area contributed by atoms with E-state index in [-0.39, 0.29) is 5.82 Å². The molecule has 1 aromatic carbocycles. The van der Waals surface area contributed by atoms with Gasteiger partial charge in [-0.1, -0.05) is 0 Å². The van der Waals surface area contributed by atoms with Gasteiger partial charge in [0.05, 0.1) is 5.69 Å². The van der Waals surface area contributed by atoms with E-state index in [2.05, 4.69) is 11.9 Å². The van der Waals surface area contributed by atoms with E-state index in [1.165, 1.54) is 12.1 Å². The van der Waals surface area contributed by atoms with E-state index in [0.717, 1.165) is 32.5 Å². The summed E-state index contributed by atoms with van der Waals surface area (Å²) in [5, 5.41) is 0. The van der Waals surface area contributed by atoms with Gasteiger partial charge in [0, 0.05) is 31.7 Å². The van der Waals surface area contributed by atoms with Crippen LogP contribution in [0.25, 0.3) is 0 Å². The Kier molecular flexibility index (Phi) is 3.19. The highest BCUT2D eigenvalue weighted by Crippen LogP contribution is 2.21. The molecule has 0 atom stereocenters. The van der Waals surface area contributed by atoms with E-state index in [1.807, 2.05) is 4.90 Å². The molecule has 2 rings (SSSR count). The first-order chi connectivity index (χ1) is 7.70. The van der Waals surface area contributed by atoms with Gasteiger partial charge in [-0.25, -0.2) is 4.39 Å². The number of benzene rings is 1. The number of carbonyl (C=O) groups is 1. The lowest BCUT2D eigenvalue weighted by molar-refractivity contribution is 0.112. The van der Waals surface area contributed by atoms with Crippen LogP contribution in [-0.4, -0.2) is 44.4 Å². The molecule has 1 aromatic rings. The van der Waals surface area contributed by atoms with Crippen molar-refractivity contribution in [1.29, 1.82) is 0 Å². The van der Waals surface area contributed by atoms with Crippen molar-refractivity contribution in [2.45, 2.75) is 0 Å². The van der Waals surface area contributed by atoms with Crippen molar-refractivity contribution in [3.8, 4) is 0 Å². The van der Waals surface area contributed by atoms with Crippen molar-refractivity contribution < 1.29 is 9.18 Å². The Labute approximate surface area is 94.5 Å². The van der Waals surface area contributed by atoms with Crippen molar-refractivity contribution in [3.05, 3.63) is 29.6 Å². The summed E-state index contributed by atoms with van der Waals surface area (Å²) < 4.78 is 13.6. The molecule has 0 aromatic heterocycles. The first kappa shape index (κ1) is 11.1. The van der Waals surface area contributed by atoms with E-state index in [0.29, 0.717) is 11.3 Å². The van der Waals surface area contributed by atoms with Crippen LogP contribution < -0.4 is 4.90 Å². The molecule has 0 unspecified atom stereocenters. The van der Waals surface area contributed by atoms with Gasteiger partial charge >= 0.3 is 0 Å². The number of aldehydes is 1. The molecule has 0 N–H and O–H groups in total. The second-order valence-electron chi connectivity index (χ2n) is 4.12. The lowest BCUT2D eigenvalue weighted by atomic mass is 10.2. The van der Waals surface area contributed by atoms with Crippen LogP contribution >= 0.6 is 0 Å². The molecule has 0 saturated carbocycles. The average molecular weight is 222 g/mol. The van der Waals surface area contributed by atoms with Gasteiger partial charge in [-0.3, -0.25) is 4.79 Å². The van der Waals surface area contributed by atoms with E-state index in [1.54, 1.807) is 6.07 Å². The number of carbonyl (C=O) groups excluding carboxylic acids is 1. The van der Waals surface area contributed by atoms with Crippen LogP contribution in [0.5, 0.6) is 0 Å². The third kappa shape index (κ3) is 2.22. The van der Waals surface area contributed by atoms with Crippen molar-refractivity contribution >= 4 is 12.0 Å². The van der Waals surface area contributed by atoms with Gasteiger partial charge < -0.3 is 9.80 Å². The summed E-state index contributed by atoms with van der Waals surface area (Å²) in [6, 6.07) is 4.48. The lowest BCUT2D eigenvalue weighted by Gasteiger charge is -2.34. The molecule has 86 valence electrons. The predicted octanol–water partition coefficient (Wildman–Crippen LogP) is 1.39. The Morgan fingerprint density at radius 2 is 1.94 bits per heavy atom. The van der Waals surface area contributed by atoms with Crippen LogP contribution in [0.3, 0.4) is 0 Å². The summed E-state index contributed by atoms with van der Waals surface area (Å²) in [6.07, 6.45) is 0.749. The van der Waals surface area contributed by atoms with Crippen LogP contribution in [-0.2, 0) is 0 Å². The van der Waals surface area contributed by atoms with Crippen molar-refractivity contribution in [1.82, 2.24) is 4.90 Å². The maximum Gasteiger partial charge on any atom is 0.150 e. The molecule has 1 aliphatic rings. The van der Waals surface area contributed by atoms with E-state index in [4.69, 9.17) is 0 Å². The summed E-state index contributed by atoms with van der Waals surface area (Å²) in [4.78, 5) is 14.9. The molecule has 1 heterocycles. The zero-order valence-electron chi connectivity index (χ0n) is 9.32. The highest BCUT2D eigenvalue weighted by atomic mass is 19.1. The summed E-state index contributed by atoms with van der Waals surface area (Å²) in [5.74, 6) is -0.254. The molecular formula is C12H15FN2O. The highest BCUT2D eigenvalue weighted by molar-refractivity contribution is 5.77. The summed E-state index contributed by atoms with van der Waals surface area (Å²) >= 11 is 0. The molecule has 0 spiro atoms. The molecule has 16 heavy (non-hydrogen) atoms. The van der Waals surface area contributed by atoms with E-state index < -0.39 is 0 Å².